The number of carbonyl (C=O) groups excluding carboxylic acids is 1. The maximum absolute atomic E-state index is 13.8. The molecule has 1 aromatic heterocycles. The quantitative estimate of drug-likeness (QED) is 0.875. The smallest absolute Gasteiger partial charge is 0.249 e. The lowest BCUT2D eigenvalue weighted by molar-refractivity contribution is -0.119. The molecule has 3 rings (SSSR count). The molecule has 1 atom stereocenters. The zero-order valence-corrected chi connectivity index (χ0v) is 10.7. The molecule has 0 aliphatic carbocycles. The molecule has 0 fully saturated rings. The van der Waals surface area contributed by atoms with Gasteiger partial charge in [-0.2, -0.15) is 5.10 Å². The fourth-order valence-electron chi connectivity index (χ4n) is 2.38. The molecule has 0 bridgehead atoms. The second kappa shape index (κ2) is 4.38. The van der Waals surface area contributed by atoms with E-state index >= 15 is 0 Å². The molecule has 2 heterocycles. The Bertz CT molecular complexity index is 698. The summed E-state index contributed by atoms with van der Waals surface area (Å²) >= 11 is 0. The number of aryl methyl sites for hydroxylation is 1. The summed E-state index contributed by atoms with van der Waals surface area (Å²) in [5, 5.41) is 6.60. The lowest BCUT2D eigenvalue weighted by atomic mass is 10.1. The Kier molecular flexibility index (Phi) is 2.79. The summed E-state index contributed by atoms with van der Waals surface area (Å²) in [5.41, 5.74) is 7.50. The van der Waals surface area contributed by atoms with Crippen molar-refractivity contribution >= 4 is 11.6 Å². The average Bonchev–Trinajstić information content (AvgIpc) is 2.87. The molecular formula is C13H12F2N4O. The van der Waals surface area contributed by atoms with Crippen molar-refractivity contribution in [3.05, 3.63) is 46.8 Å². The largest absolute Gasteiger partial charge is 0.316 e. The SMILES string of the molecule is Cc1[nH]ncc1CN1C(=O)C(N)c2c(F)cc(F)cc21. The van der Waals surface area contributed by atoms with Gasteiger partial charge in [0.05, 0.1) is 18.4 Å². The molecular weight excluding hydrogens is 266 g/mol. The van der Waals surface area contributed by atoms with Gasteiger partial charge in [0.15, 0.2) is 0 Å². The van der Waals surface area contributed by atoms with E-state index in [2.05, 4.69) is 10.2 Å². The highest BCUT2D eigenvalue weighted by Crippen LogP contribution is 2.38. The summed E-state index contributed by atoms with van der Waals surface area (Å²) < 4.78 is 27.2. The number of halogens is 2. The Hall–Kier alpha value is -2.28. The van der Waals surface area contributed by atoms with E-state index in [1.165, 1.54) is 4.90 Å². The first kappa shape index (κ1) is 12.7. The highest BCUT2D eigenvalue weighted by Gasteiger charge is 2.38. The number of nitrogens with two attached hydrogens (primary N) is 1. The number of carbonyl (C=O) groups is 1. The van der Waals surface area contributed by atoms with Crippen molar-refractivity contribution in [1.29, 1.82) is 0 Å². The van der Waals surface area contributed by atoms with Crippen LogP contribution in [0.1, 0.15) is 22.9 Å². The molecule has 20 heavy (non-hydrogen) atoms. The molecule has 0 radical (unpaired) electrons. The summed E-state index contributed by atoms with van der Waals surface area (Å²) in [6.07, 6.45) is 1.57. The van der Waals surface area contributed by atoms with Crippen molar-refractivity contribution in [1.82, 2.24) is 10.2 Å². The standard InChI is InChI=1S/C13H12F2N4O/c1-6-7(4-17-18-6)5-19-10-3-8(14)2-9(15)11(10)12(16)13(19)20/h2-4,12H,5,16H2,1H3,(H,17,18). The molecule has 2 aromatic rings. The second-order valence-corrected chi connectivity index (χ2v) is 4.74. The third-order valence-corrected chi connectivity index (χ3v) is 3.47. The van der Waals surface area contributed by atoms with Crippen molar-refractivity contribution in [3.8, 4) is 0 Å². The molecule has 1 amide bonds. The number of nitrogens with one attached hydrogen (secondary N) is 1. The predicted octanol–water partition coefficient (Wildman–Crippen LogP) is 1.54. The predicted molar refractivity (Wildman–Crippen MR) is 67.8 cm³/mol. The van der Waals surface area contributed by atoms with Crippen molar-refractivity contribution < 1.29 is 13.6 Å². The highest BCUT2D eigenvalue weighted by atomic mass is 19.1. The zero-order chi connectivity index (χ0) is 14.4. The summed E-state index contributed by atoms with van der Waals surface area (Å²) in [7, 11) is 0. The number of anilines is 1. The normalized spacial score (nSPS) is 17.7. The number of fused-ring (bicyclic) bond motifs is 1. The average molecular weight is 278 g/mol. The first-order valence-corrected chi connectivity index (χ1v) is 6.03. The molecule has 0 saturated heterocycles. The van der Waals surface area contributed by atoms with Gasteiger partial charge in [-0.25, -0.2) is 8.78 Å². The Morgan fingerprint density at radius 2 is 2.20 bits per heavy atom. The van der Waals surface area contributed by atoms with Crippen LogP contribution in [-0.4, -0.2) is 16.1 Å². The van der Waals surface area contributed by atoms with E-state index in [1.807, 2.05) is 0 Å². The first-order chi connectivity index (χ1) is 9.49. The Balaban J connectivity index is 2.06. The maximum atomic E-state index is 13.8. The highest BCUT2D eigenvalue weighted by molar-refractivity contribution is 6.04. The van der Waals surface area contributed by atoms with E-state index in [0.29, 0.717) is 0 Å². The van der Waals surface area contributed by atoms with Crippen LogP contribution in [0.25, 0.3) is 0 Å². The summed E-state index contributed by atoms with van der Waals surface area (Å²) in [6.45, 7) is 1.97. The lowest BCUT2D eigenvalue weighted by Gasteiger charge is -2.17. The van der Waals surface area contributed by atoms with Gasteiger partial charge in [-0.3, -0.25) is 9.89 Å². The van der Waals surface area contributed by atoms with E-state index < -0.39 is 23.6 Å². The number of aromatic amines is 1. The summed E-state index contributed by atoms with van der Waals surface area (Å²) in [5.74, 6) is -1.99. The van der Waals surface area contributed by atoms with Crippen LogP contribution in [0.5, 0.6) is 0 Å². The van der Waals surface area contributed by atoms with Crippen molar-refractivity contribution in [2.75, 3.05) is 4.90 Å². The van der Waals surface area contributed by atoms with E-state index in [0.717, 1.165) is 23.4 Å². The van der Waals surface area contributed by atoms with Crippen LogP contribution in [0, 0.1) is 18.6 Å². The van der Waals surface area contributed by atoms with Crippen LogP contribution in [0.4, 0.5) is 14.5 Å². The molecule has 1 aromatic carbocycles. The maximum Gasteiger partial charge on any atom is 0.249 e. The molecule has 3 N–H and O–H groups in total. The number of hydrogen-bond donors (Lipinski definition) is 2. The summed E-state index contributed by atoms with van der Waals surface area (Å²) in [6, 6.07) is 0.759. The molecule has 104 valence electrons. The number of benzene rings is 1. The molecule has 1 unspecified atom stereocenters. The van der Waals surface area contributed by atoms with Gasteiger partial charge in [0, 0.05) is 22.9 Å². The van der Waals surface area contributed by atoms with Gasteiger partial charge >= 0.3 is 0 Å². The first-order valence-electron chi connectivity index (χ1n) is 6.03. The zero-order valence-electron chi connectivity index (χ0n) is 10.7. The van der Waals surface area contributed by atoms with Crippen LogP contribution >= 0.6 is 0 Å². The minimum atomic E-state index is -1.10. The number of H-pyrrole nitrogens is 1. The van der Waals surface area contributed by atoms with Crippen LogP contribution in [0.3, 0.4) is 0 Å². The lowest BCUT2D eigenvalue weighted by Crippen LogP contribution is -2.31. The Morgan fingerprint density at radius 1 is 1.45 bits per heavy atom. The molecule has 0 saturated carbocycles. The van der Waals surface area contributed by atoms with E-state index in [9.17, 15) is 13.6 Å². The van der Waals surface area contributed by atoms with E-state index in [1.54, 1.807) is 13.1 Å². The third kappa shape index (κ3) is 1.78. The number of aromatic nitrogens is 2. The van der Waals surface area contributed by atoms with E-state index in [4.69, 9.17) is 5.73 Å². The second-order valence-electron chi connectivity index (χ2n) is 4.74. The fraction of sp³-hybridized carbons (Fsp3) is 0.231. The van der Waals surface area contributed by atoms with Crippen molar-refractivity contribution in [3.63, 3.8) is 0 Å². The van der Waals surface area contributed by atoms with Gasteiger partial charge in [0.25, 0.3) is 0 Å². The van der Waals surface area contributed by atoms with Gasteiger partial charge in [-0.15, -0.1) is 0 Å². The van der Waals surface area contributed by atoms with Gasteiger partial charge < -0.3 is 10.6 Å². The summed E-state index contributed by atoms with van der Waals surface area (Å²) in [4.78, 5) is 13.4. The molecule has 1 aliphatic heterocycles. The van der Waals surface area contributed by atoms with E-state index in [-0.39, 0.29) is 17.8 Å². The topological polar surface area (TPSA) is 75.0 Å². The van der Waals surface area contributed by atoms with Gasteiger partial charge in [0.2, 0.25) is 5.91 Å². The number of nitrogens with zero attached hydrogens (tertiary/aromatic N) is 2. The van der Waals surface area contributed by atoms with Gasteiger partial charge in [0.1, 0.15) is 17.7 Å². The van der Waals surface area contributed by atoms with Crippen LogP contribution in [-0.2, 0) is 11.3 Å². The molecule has 1 aliphatic rings. The fourth-order valence-corrected chi connectivity index (χ4v) is 2.38. The van der Waals surface area contributed by atoms with Crippen molar-refractivity contribution in [2.24, 2.45) is 5.73 Å². The number of hydrogen-bond acceptors (Lipinski definition) is 3. The minimum absolute atomic E-state index is 0.0394. The Labute approximate surface area is 113 Å². The van der Waals surface area contributed by atoms with Crippen LogP contribution in [0.15, 0.2) is 18.3 Å². The Morgan fingerprint density at radius 3 is 2.85 bits per heavy atom. The van der Waals surface area contributed by atoms with Crippen LogP contribution in [0.2, 0.25) is 0 Å². The molecule has 5 nitrogen and oxygen atoms in total. The number of rotatable bonds is 2. The molecule has 7 heteroatoms. The van der Waals surface area contributed by atoms with Gasteiger partial charge in [-0.1, -0.05) is 0 Å². The van der Waals surface area contributed by atoms with Crippen molar-refractivity contribution in [2.45, 2.75) is 19.5 Å². The molecule has 0 spiro atoms. The monoisotopic (exact) mass is 278 g/mol. The third-order valence-electron chi connectivity index (χ3n) is 3.47. The van der Waals surface area contributed by atoms with Crippen LogP contribution < -0.4 is 10.6 Å². The number of amides is 1. The minimum Gasteiger partial charge on any atom is -0.316 e. The van der Waals surface area contributed by atoms with Gasteiger partial charge in [-0.05, 0) is 13.0 Å².